The molecular weight excluding hydrogens is 175 g/mol. The summed E-state index contributed by atoms with van der Waals surface area (Å²) in [6.45, 7) is 10.9. The van der Waals surface area contributed by atoms with Gasteiger partial charge in [-0.2, -0.15) is 0 Å². The molecule has 0 radical (unpaired) electrons. The molecule has 0 bridgehead atoms. The number of hydrogen-bond donors (Lipinski definition) is 0. The third kappa shape index (κ3) is 2.67. The van der Waals surface area contributed by atoms with Crippen LogP contribution >= 0.6 is 8.20 Å². The highest BCUT2D eigenvalue weighted by Crippen LogP contribution is 2.13. The van der Waals surface area contributed by atoms with Crippen LogP contribution in [0, 0.1) is 20.8 Å². The van der Waals surface area contributed by atoms with Gasteiger partial charge in [-0.1, -0.05) is 25.9 Å². The van der Waals surface area contributed by atoms with Crippen molar-refractivity contribution in [2.45, 2.75) is 34.6 Å². The maximum Gasteiger partial charge on any atom is 0.00757 e. The summed E-state index contributed by atoms with van der Waals surface area (Å²) in [4.78, 5) is 0. The van der Waals surface area contributed by atoms with Crippen LogP contribution in [-0.4, -0.2) is 5.29 Å². The van der Waals surface area contributed by atoms with Gasteiger partial charge in [0.05, 0.1) is 0 Å². The molecule has 0 aliphatic rings. The average Bonchev–Trinajstić information content (AvgIpc) is 1.96. The zero-order valence-corrected chi connectivity index (χ0v) is 10.00. The molecule has 0 aliphatic carbocycles. The van der Waals surface area contributed by atoms with E-state index in [4.69, 9.17) is 0 Å². The smallest absolute Gasteiger partial charge is 0.00757 e. The summed E-state index contributed by atoms with van der Waals surface area (Å²) in [6.07, 6.45) is 0. The van der Waals surface area contributed by atoms with Crippen LogP contribution in [0.5, 0.6) is 0 Å². The normalized spacial score (nSPS) is 10.5. The van der Waals surface area contributed by atoms with Crippen LogP contribution in [0.1, 0.15) is 30.5 Å². The van der Waals surface area contributed by atoms with Gasteiger partial charge in [0.15, 0.2) is 0 Å². The largest absolute Gasteiger partial charge is 0.0694 e. The third-order valence-electron chi connectivity index (χ3n) is 1.97. The van der Waals surface area contributed by atoms with E-state index in [0.717, 1.165) is 0 Å². The van der Waals surface area contributed by atoms with E-state index in [9.17, 15) is 0 Å². The van der Waals surface area contributed by atoms with Gasteiger partial charge in [-0.15, -0.1) is 0 Å². The first kappa shape index (κ1) is 10.5. The highest BCUT2D eigenvalue weighted by molar-refractivity contribution is 7.49. The summed E-state index contributed by atoms with van der Waals surface area (Å²) in [6, 6.07) is 4.52. The van der Waals surface area contributed by atoms with E-state index in [1.54, 1.807) is 0 Å². The zero-order chi connectivity index (χ0) is 10.0. The van der Waals surface area contributed by atoms with E-state index in [2.05, 4.69) is 46.8 Å². The Labute approximate surface area is 82.8 Å². The summed E-state index contributed by atoms with van der Waals surface area (Å²) in [5.41, 5.74) is 4.20. The number of benzene rings is 1. The van der Waals surface area contributed by atoms with Gasteiger partial charge in [-0.25, -0.2) is 0 Å². The van der Waals surface area contributed by atoms with Gasteiger partial charge < -0.3 is 0 Å². The topological polar surface area (TPSA) is 0 Å². The van der Waals surface area contributed by atoms with E-state index in [0.29, 0.717) is 0 Å². The van der Waals surface area contributed by atoms with Crippen LogP contribution in [0.4, 0.5) is 0 Å². The maximum absolute atomic E-state index is 2.26. The van der Waals surface area contributed by atoms with E-state index in [-0.39, 0.29) is 0 Å². The van der Waals surface area contributed by atoms with Crippen molar-refractivity contribution in [2.24, 2.45) is 0 Å². The van der Waals surface area contributed by atoms with Crippen molar-refractivity contribution in [3.05, 3.63) is 28.8 Å². The van der Waals surface area contributed by atoms with E-state index < -0.39 is 0 Å². The maximum atomic E-state index is 2.26. The minimum atomic E-state index is 1.36. The molecule has 1 rings (SSSR count). The molecule has 0 heterocycles. The van der Waals surface area contributed by atoms with Crippen LogP contribution in [0.3, 0.4) is 0 Å². The molecule has 0 atom stereocenters. The molecule has 0 saturated heterocycles. The van der Waals surface area contributed by atoms with E-state index >= 15 is 0 Å². The fourth-order valence-corrected chi connectivity index (χ4v) is 2.50. The lowest BCUT2D eigenvalue weighted by molar-refractivity contribution is 1.36. The Bertz CT molecular complexity index is 321. The summed E-state index contributed by atoms with van der Waals surface area (Å²) in [7, 11) is 1.37. The van der Waals surface area contributed by atoms with Crippen molar-refractivity contribution in [3.8, 4) is 0 Å². The van der Waals surface area contributed by atoms with Crippen molar-refractivity contribution in [1.29, 1.82) is 0 Å². The summed E-state index contributed by atoms with van der Waals surface area (Å²) in [5, 5.41) is 2.93. The monoisotopic (exact) mass is 192 g/mol. The Morgan fingerprint density at radius 3 is 1.85 bits per heavy atom. The molecule has 0 aliphatic heterocycles. The molecule has 0 amide bonds. The Kier molecular flexibility index (Phi) is 3.27. The summed E-state index contributed by atoms with van der Waals surface area (Å²) >= 11 is 0. The molecule has 70 valence electrons. The van der Waals surface area contributed by atoms with Crippen molar-refractivity contribution in [3.63, 3.8) is 0 Å². The van der Waals surface area contributed by atoms with Gasteiger partial charge in [0.1, 0.15) is 0 Å². The first-order chi connectivity index (χ1) is 6.00. The average molecular weight is 192 g/mol. The van der Waals surface area contributed by atoms with Crippen LogP contribution in [0.15, 0.2) is 12.1 Å². The van der Waals surface area contributed by atoms with Gasteiger partial charge >= 0.3 is 0 Å². The van der Waals surface area contributed by atoms with Crippen molar-refractivity contribution in [2.75, 3.05) is 0 Å². The van der Waals surface area contributed by atoms with Gasteiger partial charge in [-0.05, 0) is 51.0 Å². The highest BCUT2D eigenvalue weighted by atomic mass is 31.1. The highest BCUT2D eigenvalue weighted by Gasteiger charge is 2.00. The molecule has 1 aromatic carbocycles. The Morgan fingerprint density at radius 1 is 1.00 bits per heavy atom. The van der Waals surface area contributed by atoms with Crippen LogP contribution in [0.2, 0.25) is 0 Å². The van der Waals surface area contributed by atoms with Crippen LogP contribution in [0.25, 0.3) is 0 Å². The minimum Gasteiger partial charge on any atom is -0.0694 e. The predicted molar refractivity (Wildman–Crippen MR) is 63.6 cm³/mol. The zero-order valence-electron chi connectivity index (χ0n) is 9.10. The molecule has 0 saturated carbocycles. The lowest BCUT2D eigenvalue weighted by Gasteiger charge is -2.06. The first-order valence-electron chi connectivity index (χ1n) is 4.60. The lowest BCUT2D eigenvalue weighted by atomic mass is 10.1. The second-order valence-corrected chi connectivity index (χ2v) is 5.37. The fourth-order valence-electron chi connectivity index (χ4n) is 1.57. The SMILES string of the molecule is CC(C)=Pc1c(C)cc(C)cc1C. The van der Waals surface area contributed by atoms with Crippen LogP contribution in [-0.2, 0) is 0 Å². The number of rotatable bonds is 1. The molecule has 1 aromatic rings. The Hall–Kier alpha value is -0.610. The Morgan fingerprint density at radius 2 is 1.46 bits per heavy atom. The van der Waals surface area contributed by atoms with Crippen molar-refractivity contribution >= 4 is 18.8 Å². The van der Waals surface area contributed by atoms with E-state index in [1.807, 2.05) is 0 Å². The van der Waals surface area contributed by atoms with Gasteiger partial charge in [-0.3, -0.25) is 0 Å². The summed E-state index contributed by atoms with van der Waals surface area (Å²) in [5.74, 6) is 0. The molecule has 13 heavy (non-hydrogen) atoms. The van der Waals surface area contributed by atoms with Gasteiger partial charge in [0.25, 0.3) is 0 Å². The van der Waals surface area contributed by atoms with Crippen molar-refractivity contribution < 1.29 is 0 Å². The molecule has 0 nitrogen and oxygen atoms in total. The number of aryl methyl sites for hydroxylation is 3. The second-order valence-electron chi connectivity index (χ2n) is 3.81. The predicted octanol–water partition coefficient (Wildman–Crippen LogP) is 3.40. The first-order valence-corrected chi connectivity index (χ1v) is 5.50. The van der Waals surface area contributed by atoms with Crippen LogP contribution < -0.4 is 5.30 Å². The third-order valence-corrected chi connectivity index (χ3v) is 3.35. The molecule has 0 N–H and O–H groups in total. The minimum absolute atomic E-state index is 1.36. The van der Waals surface area contributed by atoms with Crippen molar-refractivity contribution in [1.82, 2.24) is 0 Å². The fraction of sp³-hybridized carbons (Fsp3) is 0.417. The van der Waals surface area contributed by atoms with Gasteiger partial charge in [0, 0.05) is 5.30 Å². The quantitative estimate of drug-likeness (QED) is 0.598. The molecule has 0 fully saturated rings. The van der Waals surface area contributed by atoms with Gasteiger partial charge in [0.2, 0.25) is 0 Å². The standard InChI is InChI=1S/C12H17P/c1-8(2)13-12-10(4)6-9(3)7-11(12)5/h6-7H,1-5H3. The molecule has 0 aromatic heterocycles. The Balaban J connectivity index is 3.29. The second kappa shape index (κ2) is 4.07. The molecule has 0 spiro atoms. The number of hydrogen-bond acceptors (Lipinski definition) is 0. The molecule has 0 unspecified atom stereocenters. The van der Waals surface area contributed by atoms with E-state index in [1.165, 1.54) is 35.5 Å². The summed E-state index contributed by atoms with van der Waals surface area (Å²) < 4.78 is 0. The lowest BCUT2D eigenvalue weighted by Crippen LogP contribution is -2.04. The molecule has 1 heteroatoms. The molecular formula is C12H17P.